The molecule has 0 saturated carbocycles. The molecule has 1 aliphatic heterocycles. The quantitative estimate of drug-likeness (QED) is 0.745. The molecule has 0 radical (unpaired) electrons. The Morgan fingerprint density at radius 1 is 1.67 bits per heavy atom. The van der Waals surface area contributed by atoms with Gasteiger partial charge in [-0.05, 0) is 6.42 Å². The van der Waals surface area contributed by atoms with Crippen molar-refractivity contribution < 1.29 is 14.3 Å². The summed E-state index contributed by atoms with van der Waals surface area (Å²) in [5, 5.41) is 6.58. The molecule has 0 bridgehead atoms. The van der Waals surface area contributed by atoms with Crippen LogP contribution in [-0.2, 0) is 11.3 Å². The number of carbonyl (C=O) groups is 2. The van der Waals surface area contributed by atoms with E-state index in [0.29, 0.717) is 24.8 Å². The Bertz CT molecular complexity index is 463. The van der Waals surface area contributed by atoms with Crippen LogP contribution in [0.15, 0.2) is 6.07 Å². The molecule has 1 unspecified atom stereocenters. The molecule has 1 aliphatic rings. The van der Waals surface area contributed by atoms with Crippen LogP contribution in [0, 0.1) is 5.92 Å². The zero-order chi connectivity index (χ0) is 13.1. The molecule has 0 aliphatic carbocycles. The van der Waals surface area contributed by atoms with Gasteiger partial charge in [-0.3, -0.25) is 14.3 Å². The van der Waals surface area contributed by atoms with E-state index in [0.717, 1.165) is 13.0 Å². The normalized spacial score (nSPS) is 18.8. The molecule has 2 amide bonds. The summed E-state index contributed by atoms with van der Waals surface area (Å²) in [4.78, 5) is 22.8. The summed E-state index contributed by atoms with van der Waals surface area (Å²) in [6.07, 6.45) is 0.930. The van der Waals surface area contributed by atoms with Crippen LogP contribution >= 0.6 is 0 Å². The molecular formula is C11H16N4O3. The van der Waals surface area contributed by atoms with Gasteiger partial charge in [-0.15, -0.1) is 0 Å². The summed E-state index contributed by atoms with van der Waals surface area (Å²) in [7, 11) is 1.53. The lowest BCUT2D eigenvalue weighted by molar-refractivity contribution is 0.0948. The standard InChI is InChI=1S/C11H16N4O3/c1-13-11(17)9-4-8(10(12)16)14-15(9)5-7-2-3-18-6-7/h4,7H,2-3,5-6H2,1H3,(H2,12,16)(H,13,17). The molecule has 2 rings (SSSR count). The molecule has 7 heteroatoms. The second kappa shape index (κ2) is 5.18. The van der Waals surface area contributed by atoms with Gasteiger partial charge in [-0.1, -0.05) is 0 Å². The van der Waals surface area contributed by atoms with Crippen LogP contribution < -0.4 is 11.1 Å². The second-order valence-electron chi connectivity index (χ2n) is 4.27. The van der Waals surface area contributed by atoms with E-state index < -0.39 is 5.91 Å². The number of nitrogens with zero attached hydrogens (tertiary/aromatic N) is 2. The number of nitrogens with one attached hydrogen (secondary N) is 1. The van der Waals surface area contributed by atoms with Gasteiger partial charge in [0, 0.05) is 32.2 Å². The van der Waals surface area contributed by atoms with Crippen LogP contribution in [0.3, 0.4) is 0 Å². The van der Waals surface area contributed by atoms with Crippen molar-refractivity contribution in [3.05, 3.63) is 17.5 Å². The molecule has 3 N–H and O–H groups in total. The second-order valence-corrected chi connectivity index (χ2v) is 4.27. The number of hydrogen-bond acceptors (Lipinski definition) is 4. The third kappa shape index (κ3) is 2.51. The van der Waals surface area contributed by atoms with Gasteiger partial charge in [0.2, 0.25) is 0 Å². The summed E-state index contributed by atoms with van der Waals surface area (Å²) in [5.74, 6) is -0.607. The van der Waals surface area contributed by atoms with Gasteiger partial charge in [0.1, 0.15) is 5.69 Å². The number of ether oxygens (including phenoxy) is 1. The Balaban J connectivity index is 2.24. The van der Waals surface area contributed by atoms with Gasteiger partial charge < -0.3 is 15.8 Å². The highest BCUT2D eigenvalue weighted by atomic mass is 16.5. The molecular weight excluding hydrogens is 236 g/mol. The molecule has 1 atom stereocenters. The highest BCUT2D eigenvalue weighted by Gasteiger charge is 2.22. The van der Waals surface area contributed by atoms with E-state index >= 15 is 0 Å². The Hall–Kier alpha value is -1.89. The number of rotatable bonds is 4. The van der Waals surface area contributed by atoms with Crippen molar-refractivity contribution >= 4 is 11.8 Å². The summed E-state index contributed by atoms with van der Waals surface area (Å²) in [6, 6.07) is 1.41. The van der Waals surface area contributed by atoms with Crippen molar-refractivity contribution in [2.45, 2.75) is 13.0 Å². The lowest BCUT2D eigenvalue weighted by atomic mass is 10.1. The minimum Gasteiger partial charge on any atom is -0.381 e. The molecule has 1 saturated heterocycles. The van der Waals surface area contributed by atoms with E-state index in [1.807, 2.05) is 0 Å². The van der Waals surface area contributed by atoms with Crippen LogP contribution in [0.4, 0.5) is 0 Å². The molecule has 1 aromatic heterocycles. The Labute approximate surface area is 104 Å². The first-order chi connectivity index (χ1) is 8.61. The van der Waals surface area contributed by atoms with E-state index in [9.17, 15) is 9.59 Å². The van der Waals surface area contributed by atoms with Crippen LogP contribution in [0.25, 0.3) is 0 Å². The predicted molar refractivity (Wildman–Crippen MR) is 63.1 cm³/mol. The van der Waals surface area contributed by atoms with E-state index in [1.165, 1.54) is 17.8 Å². The molecule has 18 heavy (non-hydrogen) atoms. The third-order valence-electron chi connectivity index (χ3n) is 2.95. The van der Waals surface area contributed by atoms with Gasteiger partial charge in [0.25, 0.3) is 11.8 Å². The van der Waals surface area contributed by atoms with Crippen LogP contribution in [0.5, 0.6) is 0 Å². The highest BCUT2D eigenvalue weighted by Crippen LogP contribution is 2.16. The SMILES string of the molecule is CNC(=O)c1cc(C(N)=O)nn1CC1CCOC1. The molecule has 1 fully saturated rings. The average Bonchev–Trinajstić information content (AvgIpc) is 2.98. The zero-order valence-electron chi connectivity index (χ0n) is 10.2. The number of nitrogens with two attached hydrogens (primary N) is 1. The smallest absolute Gasteiger partial charge is 0.269 e. The van der Waals surface area contributed by atoms with Gasteiger partial charge in [0.05, 0.1) is 6.61 Å². The topological polar surface area (TPSA) is 99.2 Å². The Morgan fingerprint density at radius 2 is 2.44 bits per heavy atom. The first kappa shape index (κ1) is 12.6. The van der Waals surface area contributed by atoms with Crippen molar-refractivity contribution in [3.63, 3.8) is 0 Å². The summed E-state index contributed by atoms with van der Waals surface area (Å²) in [5.41, 5.74) is 5.62. The maximum Gasteiger partial charge on any atom is 0.269 e. The Morgan fingerprint density at radius 3 is 3.00 bits per heavy atom. The fourth-order valence-corrected chi connectivity index (χ4v) is 1.96. The van der Waals surface area contributed by atoms with E-state index in [1.54, 1.807) is 0 Å². The number of carbonyl (C=O) groups excluding carboxylic acids is 2. The zero-order valence-corrected chi connectivity index (χ0v) is 10.2. The van der Waals surface area contributed by atoms with Crippen LogP contribution in [0.1, 0.15) is 27.4 Å². The summed E-state index contributed by atoms with van der Waals surface area (Å²) >= 11 is 0. The molecule has 98 valence electrons. The van der Waals surface area contributed by atoms with Crippen molar-refractivity contribution in [1.29, 1.82) is 0 Å². The van der Waals surface area contributed by atoms with Gasteiger partial charge in [0.15, 0.2) is 5.69 Å². The number of amides is 2. The first-order valence-corrected chi connectivity index (χ1v) is 5.79. The number of aromatic nitrogens is 2. The Kier molecular flexibility index (Phi) is 3.61. The van der Waals surface area contributed by atoms with Crippen molar-refractivity contribution in [2.24, 2.45) is 11.7 Å². The molecule has 1 aromatic rings. The number of hydrogen-bond donors (Lipinski definition) is 2. The summed E-state index contributed by atoms with van der Waals surface area (Å²) < 4.78 is 6.80. The third-order valence-corrected chi connectivity index (χ3v) is 2.95. The van der Waals surface area contributed by atoms with Gasteiger partial charge >= 0.3 is 0 Å². The number of primary amides is 1. The predicted octanol–water partition coefficient (Wildman–Crippen LogP) is -0.622. The van der Waals surface area contributed by atoms with Gasteiger partial charge in [-0.25, -0.2) is 0 Å². The lowest BCUT2D eigenvalue weighted by Gasteiger charge is -2.10. The van der Waals surface area contributed by atoms with Gasteiger partial charge in [-0.2, -0.15) is 5.10 Å². The fourth-order valence-electron chi connectivity index (χ4n) is 1.96. The van der Waals surface area contributed by atoms with Crippen molar-refractivity contribution in [3.8, 4) is 0 Å². The van der Waals surface area contributed by atoms with Crippen molar-refractivity contribution in [1.82, 2.24) is 15.1 Å². The molecule has 0 aromatic carbocycles. The van der Waals surface area contributed by atoms with Crippen molar-refractivity contribution in [2.75, 3.05) is 20.3 Å². The average molecular weight is 252 g/mol. The van der Waals surface area contributed by atoms with E-state index in [4.69, 9.17) is 10.5 Å². The first-order valence-electron chi connectivity index (χ1n) is 5.79. The molecule has 0 spiro atoms. The van der Waals surface area contributed by atoms with Crippen LogP contribution in [-0.4, -0.2) is 41.9 Å². The minimum absolute atomic E-state index is 0.104. The van der Waals surface area contributed by atoms with Crippen LogP contribution in [0.2, 0.25) is 0 Å². The maximum absolute atomic E-state index is 11.7. The van der Waals surface area contributed by atoms with E-state index in [2.05, 4.69) is 10.4 Å². The van der Waals surface area contributed by atoms with E-state index in [-0.39, 0.29) is 11.6 Å². The highest BCUT2D eigenvalue weighted by molar-refractivity contribution is 5.97. The summed E-state index contributed by atoms with van der Waals surface area (Å²) in [6.45, 7) is 1.93. The lowest BCUT2D eigenvalue weighted by Crippen LogP contribution is -2.24. The minimum atomic E-state index is -0.637. The molecule has 2 heterocycles. The maximum atomic E-state index is 11.7. The molecule has 7 nitrogen and oxygen atoms in total. The monoisotopic (exact) mass is 252 g/mol. The largest absolute Gasteiger partial charge is 0.381 e. The fraction of sp³-hybridized carbons (Fsp3) is 0.545.